The first-order valence-corrected chi connectivity index (χ1v) is 20.1. The summed E-state index contributed by atoms with van der Waals surface area (Å²) >= 11 is 3.26. The fourth-order valence-electron chi connectivity index (χ4n) is 7.21. The van der Waals surface area contributed by atoms with Crippen molar-refractivity contribution in [3.8, 4) is 44.5 Å². The summed E-state index contributed by atoms with van der Waals surface area (Å²) in [6.45, 7) is 4.21. The zero-order valence-corrected chi connectivity index (χ0v) is 32.1. The molecule has 0 aliphatic carbocycles. The van der Waals surface area contributed by atoms with Gasteiger partial charge in [0, 0.05) is 44.3 Å². The lowest BCUT2D eigenvalue weighted by atomic mass is 10.0. The fourth-order valence-corrected chi connectivity index (χ4v) is 8.50. The number of aromatic nitrogens is 4. The second-order valence-corrected chi connectivity index (χ2v) is 14.7. The summed E-state index contributed by atoms with van der Waals surface area (Å²) in [7, 11) is 0. The van der Waals surface area contributed by atoms with E-state index in [9.17, 15) is 9.59 Å². The summed E-state index contributed by atoms with van der Waals surface area (Å²) in [5, 5.41) is 8.39. The van der Waals surface area contributed by atoms with Gasteiger partial charge in [-0.05, 0) is 143 Å². The van der Waals surface area contributed by atoms with Crippen LogP contribution in [-0.4, -0.2) is 45.1 Å². The van der Waals surface area contributed by atoms with Gasteiger partial charge in [0.2, 0.25) is 0 Å². The number of nitrogens with one attached hydrogen (secondary N) is 2. The Hall–Kier alpha value is -6.62. The van der Waals surface area contributed by atoms with E-state index >= 15 is 0 Å². The van der Waals surface area contributed by atoms with Gasteiger partial charge in [0.25, 0.3) is 0 Å². The molecule has 0 saturated carbocycles. The largest absolute Gasteiger partial charge is 0.462 e. The van der Waals surface area contributed by atoms with Crippen LogP contribution in [0.25, 0.3) is 90.9 Å². The highest BCUT2D eigenvalue weighted by Gasteiger charge is 2.20. The normalized spacial score (nSPS) is 11.9. The van der Waals surface area contributed by atoms with Crippen molar-refractivity contribution < 1.29 is 19.1 Å². The monoisotopic (exact) mass is 770 g/mol. The number of H-pyrrole nitrogens is 2. The number of carbonyl (C=O) groups is 2. The standard InChI is InChI=1S/C46H34N4O4S2/c1-3-53-45(51)29-9-5-27(6-10-29)41-33-13-17-37(47-33)43(31-21-23-55-25-31)39-19-15-35(49-39)42(28-7-11-30(12-8-28)46(52)54-4-2)36-16-20-40(50-36)44(32-22-24-56-26-32)38-18-14-34(41)48-38/h5-26,47,50H,3-4H2,1-2H3. The molecule has 7 aromatic rings. The van der Waals surface area contributed by atoms with Crippen LogP contribution < -0.4 is 0 Å². The number of ether oxygens (including phenoxy) is 2. The van der Waals surface area contributed by atoms with Gasteiger partial charge in [0.15, 0.2) is 0 Å². The quantitative estimate of drug-likeness (QED) is 0.149. The summed E-state index contributed by atoms with van der Waals surface area (Å²) < 4.78 is 10.5. The van der Waals surface area contributed by atoms with E-state index in [4.69, 9.17) is 19.4 Å². The van der Waals surface area contributed by atoms with Crippen LogP contribution in [0.15, 0.2) is 106 Å². The van der Waals surface area contributed by atoms with Gasteiger partial charge in [-0.2, -0.15) is 22.7 Å². The number of fused-ring (bicyclic) bond motifs is 8. The van der Waals surface area contributed by atoms with Gasteiger partial charge in [-0.25, -0.2) is 19.6 Å². The zero-order valence-electron chi connectivity index (χ0n) is 30.5. The Kier molecular flexibility index (Phi) is 9.34. The summed E-state index contributed by atoms with van der Waals surface area (Å²) in [5.74, 6) is -0.715. The van der Waals surface area contributed by atoms with E-state index in [0.717, 1.165) is 89.4 Å². The molecule has 2 aliphatic rings. The highest BCUT2D eigenvalue weighted by Crippen LogP contribution is 2.39. The lowest BCUT2D eigenvalue weighted by Gasteiger charge is -2.07. The Labute approximate surface area is 330 Å². The SMILES string of the molecule is CCOC(=O)c1ccc(-c2c3nc(c(-c4ccsc4)c4ccc([nH]4)c(-c4ccc(C(=O)OCC)cc4)c4nc(c(-c5ccsc5)c5ccc2[nH]5)C=C4)C=C3)cc1. The zero-order chi connectivity index (χ0) is 38.2. The topological polar surface area (TPSA) is 110 Å². The van der Waals surface area contributed by atoms with Crippen LogP contribution >= 0.6 is 22.7 Å². The molecule has 0 spiro atoms. The molecule has 8 bridgehead atoms. The van der Waals surface area contributed by atoms with Crippen molar-refractivity contribution in [2.24, 2.45) is 0 Å². The van der Waals surface area contributed by atoms with Gasteiger partial charge < -0.3 is 19.4 Å². The smallest absolute Gasteiger partial charge is 0.338 e. The van der Waals surface area contributed by atoms with Crippen LogP contribution in [0.1, 0.15) is 57.3 Å². The highest BCUT2D eigenvalue weighted by molar-refractivity contribution is 7.08. The van der Waals surface area contributed by atoms with Gasteiger partial charge in [-0.1, -0.05) is 24.3 Å². The molecule has 2 N–H and O–H groups in total. The second-order valence-electron chi connectivity index (χ2n) is 13.1. The molecule has 2 aliphatic heterocycles. The molecule has 9 rings (SSSR count). The van der Waals surface area contributed by atoms with Gasteiger partial charge in [-0.3, -0.25) is 0 Å². The van der Waals surface area contributed by atoms with Crippen LogP contribution in [0.4, 0.5) is 0 Å². The van der Waals surface area contributed by atoms with Crippen LogP contribution in [0.3, 0.4) is 0 Å². The Morgan fingerprint density at radius 1 is 0.482 bits per heavy atom. The number of hydrogen-bond acceptors (Lipinski definition) is 8. The van der Waals surface area contributed by atoms with Crippen LogP contribution in [-0.2, 0) is 9.47 Å². The lowest BCUT2D eigenvalue weighted by molar-refractivity contribution is 0.0517. The van der Waals surface area contributed by atoms with E-state index in [-0.39, 0.29) is 11.9 Å². The van der Waals surface area contributed by atoms with Crippen molar-refractivity contribution in [3.63, 3.8) is 0 Å². The van der Waals surface area contributed by atoms with E-state index < -0.39 is 0 Å². The number of nitrogens with zero attached hydrogens (tertiary/aromatic N) is 2. The number of esters is 2. The second kappa shape index (κ2) is 14.9. The first-order chi connectivity index (χ1) is 27.5. The summed E-state index contributed by atoms with van der Waals surface area (Å²) in [6, 6.07) is 27.5. The first-order valence-electron chi connectivity index (χ1n) is 18.3. The first kappa shape index (κ1) is 35.1. The van der Waals surface area contributed by atoms with Crippen LogP contribution in [0.5, 0.6) is 0 Å². The van der Waals surface area contributed by atoms with E-state index in [1.165, 1.54) is 0 Å². The Bertz CT molecular complexity index is 2650. The number of hydrogen-bond donors (Lipinski definition) is 2. The highest BCUT2D eigenvalue weighted by atomic mass is 32.1. The van der Waals surface area contributed by atoms with E-state index in [2.05, 4.69) is 92.2 Å². The van der Waals surface area contributed by atoms with Crippen molar-refractivity contribution in [1.29, 1.82) is 0 Å². The van der Waals surface area contributed by atoms with Crippen molar-refractivity contribution in [3.05, 3.63) is 140 Å². The van der Waals surface area contributed by atoms with Crippen LogP contribution in [0, 0.1) is 0 Å². The minimum atomic E-state index is -0.357. The van der Waals surface area contributed by atoms with Gasteiger partial charge >= 0.3 is 11.9 Å². The van der Waals surface area contributed by atoms with E-state index in [1.807, 2.05) is 24.3 Å². The van der Waals surface area contributed by atoms with E-state index in [1.54, 1.807) is 60.8 Å². The summed E-state index contributed by atoms with van der Waals surface area (Å²) in [5.41, 5.74) is 15.3. The van der Waals surface area contributed by atoms with E-state index in [0.29, 0.717) is 24.3 Å². The Balaban J connectivity index is 1.37. The maximum atomic E-state index is 12.6. The molecule has 2 aromatic carbocycles. The molecule has 56 heavy (non-hydrogen) atoms. The van der Waals surface area contributed by atoms with Gasteiger partial charge in [0.1, 0.15) is 0 Å². The Morgan fingerprint density at radius 2 is 0.821 bits per heavy atom. The molecule has 5 aromatic heterocycles. The number of aromatic amines is 2. The van der Waals surface area contributed by atoms with Gasteiger partial charge in [0.05, 0.1) is 47.1 Å². The van der Waals surface area contributed by atoms with Gasteiger partial charge in [-0.15, -0.1) is 0 Å². The van der Waals surface area contributed by atoms with Crippen molar-refractivity contribution in [1.82, 2.24) is 19.9 Å². The third kappa shape index (κ3) is 6.48. The van der Waals surface area contributed by atoms with Crippen molar-refractivity contribution >= 4 is 81.0 Å². The molecule has 0 amide bonds. The number of benzene rings is 2. The molecule has 0 unspecified atom stereocenters. The molecule has 7 heterocycles. The maximum absolute atomic E-state index is 12.6. The number of rotatable bonds is 8. The molecule has 10 heteroatoms. The summed E-state index contributed by atoms with van der Waals surface area (Å²) in [4.78, 5) is 43.3. The third-order valence-electron chi connectivity index (χ3n) is 9.74. The molecule has 0 saturated heterocycles. The Morgan fingerprint density at radius 3 is 1.12 bits per heavy atom. The number of carbonyl (C=O) groups excluding carboxylic acids is 2. The molecule has 0 fully saturated rings. The third-order valence-corrected chi connectivity index (χ3v) is 11.1. The molecule has 0 atom stereocenters. The molecular formula is C46H34N4O4S2. The minimum Gasteiger partial charge on any atom is -0.462 e. The van der Waals surface area contributed by atoms with Crippen LogP contribution in [0.2, 0.25) is 0 Å². The molecular weight excluding hydrogens is 737 g/mol. The molecule has 0 radical (unpaired) electrons. The predicted molar refractivity (Wildman–Crippen MR) is 228 cm³/mol. The van der Waals surface area contributed by atoms with Crippen molar-refractivity contribution in [2.75, 3.05) is 13.2 Å². The molecule has 274 valence electrons. The van der Waals surface area contributed by atoms with Crippen molar-refractivity contribution in [2.45, 2.75) is 13.8 Å². The average molecular weight is 771 g/mol. The maximum Gasteiger partial charge on any atom is 0.338 e. The fraction of sp³-hybridized carbons (Fsp3) is 0.0870. The molecule has 8 nitrogen and oxygen atoms in total. The minimum absolute atomic E-state index is 0.307. The summed E-state index contributed by atoms with van der Waals surface area (Å²) in [6.07, 6.45) is 8.22. The average Bonchev–Trinajstić information content (AvgIpc) is 4.06. The predicted octanol–water partition coefficient (Wildman–Crippen LogP) is 11.8. The number of thiophene rings is 2. The lowest BCUT2D eigenvalue weighted by Crippen LogP contribution is -2.04.